The molecule has 1 aliphatic heterocycles. The van der Waals surface area contributed by atoms with Crippen molar-refractivity contribution >= 4 is 39.8 Å². The maximum Gasteiger partial charge on any atom is 0.191 e. The van der Waals surface area contributed by atoms with Gasteiger partial charge in [-0.25, -0.2) is 8.42 Å². The predicted octanol–water partition coefficient (Wildman–Crippen LogP) is 2.65. The number of nitrogens with one attached hydrogen (secondary N) is 2. The number of aliphatic imine (C=N–C) groups is 1. The summed E-state index contributed by atoms with van der Waals surface area (Å²) in [7, 11) is -3.16. The molecule has 8 heteroatoms. The summed E-state index contributed by atoms with van der Waals surface area (Å²) in [6, 6.07) is 11.0. The lowest BCUT2D eigenvalue weighted by molar-refractivity contribution is 0.245. The van der Waals surface area contributed by atoms with Crippen LogP contribution in [0.15, 0.2) is 35.3 Å². The van der Waals surface area contributed by atoms with E-state index < -0.39 is 14.6 Å². The van der Waals surface area contributed by atoms with Gasteiger partial charge in [-0.15, -0.1) is 24.0 Å². The van der Waals surface area contributed by atoms with Gasteiger partial charge < -0.3 is 10.6 Å². The van der Waals surface area contributed by atoms with Crippen LogP contribution in [0.4, 0.5) is 0 Å². The number of likely N-dealkylation sites (tertiary alicyclic amines) is 1. The van der Waals surface area contributed by atoms with Crippen LogP contribution < -0.4 is 10.6 Å². The van der Waals surface area contributed by atoms with E-state index in [1.807, 2.05) is 13.0 Å². The van der Waals surface area contributed by atoms with Gasteiger partial charge in [-0.05, 0) is 45.7 Å². The van der Waals surface area contributed by atoms with Gasteiger partial charge in [0.15, 0.2) is 15.8 Å². The zero-order valence-corrected chi connectivity index (χ0v) is 20.6. The monoisotopic (exact) mass is 522 g/mol. The van der Waals surface area contributed by atoms with Gasteiger partial charge in [0.1, 0.15) is 0 Å². The summed E-state index contributed by atoms with van der Waals surface area (Å²) < 4.78 is 22.9. The molecule has 1 heterocycles. The van der Waals surface area contributed by atoms with Crippen molar-refractivity contribution in [1.29, 1.82) is 0 Å². The maximum absolute atomic E-state index is 11.9. The molecule has 2 N–H and O–H groups in total. The molecule has 1 aromatic carbocycles. The molecule has 1 fully saturated rings. The van der Waals surface area contributed by atoms with Gasteiger partial charge in [-0.2, -0.15) is 0 Å². The fourth-order valence-electron chi connectivity index (χ4n) is 3.10. The van der Waals surface area contributed by atoms with E-state index in [2.05, 4.69) is 44.8 Å². The molecule has 0 aromatic heterocycles. The van der Waals surface area contributed by atoms with Crippen LogP contribution in [-0.4, -0.2) is 62.5 Å². The number of benzene rings is 1. The van der Waals surface area contributed by atoms with Crippen molar-refractivity contribution in [3.05, 3.63) is 35.9 Å². The lowest BCUT2D eigenvalue weighted by Crippen LogP contribution is -2.45. The van der Waals surface area contributed by atoms with Crippen LogP contribution in [-0.2, 0) is 16.4 Å². The Morgan fingerprint density at radius 3 is 2.54 bits per heavy atom. The Morgan fingerprint density at radius 1 is 1.25 bits per heavy atom. The van der Waals surface area contributed by atoms with Crippen molar-refractivity contribution in [2.75, 3.05) is 32.4 Å². The number of halogens is 1. The Morgan fingerprint density at radius 2 is 1.93 bits per heavy atom. The van der Waals surface area contributed by atoms with E-state index in [1.165, 1.54) is 18.2 Å². The van der Waals surface area contributed by atoms with Crippen molar-refractivity contribution in [2.24, 2.45) is 4.99 Å². The molecule has 0 spiro atoms. The minimum atomic E-state index is -3.16. The first-order valence-corrected chi connectivity index (χ1v) is 11.6. The Balaban J connectivity index is 0.00000392. The normalized spacial score (nSPS) is 18.6. The lowest BCUT2D eigenvalue weighted by Gasteiger charge is -2.26. The molecule has 1 atom stereocenters. The van der Waals surface area contributed by atoms with Gasteiger partial charge in [0.05, 0.1) is 11.3 Å². The minimum Gasteiger partial charge on any atom is -0.357 e. The SMILES string of the molecule is CCNC(=NCC(C)(C)S(C)(=O)=O)NCC1CCCN1Cc1ccccc1.I. The van der Waals surface area contributed by atoms with Crippen LogP contribution in [0.2, 0.25) is 0 Å². The highest BCUT2D eigenvalue weighted by Gasteiger charge is 2.30. The molecule has 1 aromatic rings. The molecule has 6 nitrogen and oxygen atoms in total. The van der Waals surface area contributed by atoms with Gasteiger partial charge in [-0.1, -0.05) is 30.3 Å². The van der Waals surface area contributed by atoms with Crippen molar-refractivity contribution < 1.29 is 8.42 Å². The van der Waals surface area contributed by atoms with E-state index >= 15 is 0 Å². The second-order valence-corrected chi connectivity index (χ2v) is 10.5. The summed E-state index contributed by atoms with van der Waals surface area (Å²) in [5.74, 6) is 0.681. The number of hydrogen-bond acceptors (Lipinski definition) is 4. The van der Waals surface area contributed by atoms with Crippen molar-refractivity contribution in [3.8, 4) is 0 Å². The first-order chi connectivity index (χ1) is 12.7. The minimum absolute atomic E-state index is 0. The van der Waals surface area contributed by atoms with E-state index in [4.69, 9.17) is 0 Å². The summed E-state index contributed by atoms with van der Waals surface area (Å²) in [4.78, 5) is 7.02. The van der Waals surface area contributed by atoms with Gasteiger partial charge in [0, 0.05) is 31.9 Å². The first kappa shape index (κ1) is 25.2. The van der Waals surface area contributed by atoms with Gasteiger partial charge in [0.2, 0.25) is 0 Å². The number of sulfone groups is 1. The highest BCUT2D eigenvalue weighted by atomic mass is 127. The molecule has 28 heavy (non-hydrogen) atoms. The fraction of sp³-hybridized carbons (Fsp3) is 0.650. The molecule has 0 saturated carbocycles. The van der Waals surface area contributed by atoms with E-state index in [1.54, 1.807) is 13.8 Å². The summed E-state index contributed by atoms with van der Waals surface area (Å²) in [5.41, 5.74) is 1.33. The van der Waals surface area contributed by atoms with E-state index in [-0.39, 0.29) is 30.5 Å². The van der Waals surface area contributed by atoms with Gasteiger partial charge in [-0.3, -0.25) is 9.89 Å². The van der Waals surface area contributed by atoms with E-state index in [9.17, 15) is 8.42 Å². The predicted molar refractivity (Wildman–Crippen MR) is 128 cm³/mol. The van der Waals surface area contributed by atoms with Crippen LogP contribution >= 0.6 is 24.0 Å². The van der Waals surface area contributed by atoms with Crippen LogP contribution in [0.1, 0.15) is 39.2 Å². The van der Waals surface area contributed by atoms with Crippen LogP contribution in [0.5, 0.6) is 0 Å². The molecule has 2 rings (SSSR count). The topological polar surface area (TPSA) is 73.8 Å². The van der Waals surface area contributed by atoms with Crippen molar-refractivity contribution in [2.45, 2.75) is 50.9 Å². The third kappa shape index (κ3) is 7.51. The second-order valence-electron chi connectivity index (χ2n) is 7.86. The number of guanidine groups is 1. The molecule has 0 amide bonds. The van der Waals surface area contributed by atoms with Crippen molar-refractivity contribution in [3.63, 3.8) is 0 Å². The van der Waals surface area contributed by atoms with E-state index in [0.29, 0.717) is 12.0 Å². The zero-order valence-electron chi connectivity index (χ0n) is 17.4. The van der Waals surface area contributed by atoms with E-state index in [0.717, 1.165) is 32.6 Å². The Labute approximate surface area is 187 Å². The Kier molecular flexibility index (Phi) is 10.2. The maximum atomic E-state index is 11.9. The second kappa shape index (κ2) is 11.3. The average molecular weight is 522 g/mol. The first-order valence-electron chi connectivity index (χ1n) is 9.72. The van der Waals surface area contributed by atoms with Gasteiger partial charge >= 0.3 is 0 Å². The molecule has 0 bridgehead atoms. The highest BCUT2D eigenvalue weighted by molar-refractivity contribution is 14.0. The summed E-state index contributed by atoms with van der Waals surface area (Å²) in [6.07, 6.45) is 3.63. The summed E-state index contributed by atoms with van der Waals surface area (Å²) >= 11 is 0. The third-order valence-electron chi connectivity index (χ3n) is 5.20. The smallest absolute Gasteiger partial charge is 0.191 e. The van der Waals surface area contributed by atoms with Crippen LogP contribution in [0, 0.1) is 0 Å². The molecule has 160 valence electrons. The average Bonchev–Trinajstić information content (AvgIpc) is 3.04. The fourth-order valence-corrected chi connectivity index (χ4v) is 3.39. The van der Waals surface area contributed by atoms with Crippen LogP contribution in [0.25, 0.3) is 0 Å². The molecule has 1 saturated heterocycles. The molecule has 1 unspecified atom stereocenters. The number of nitrogens with zero attached hydrogens (tertiary/aromatic N) is 2. The molecule has 0 radical (unpaired) electrons. The standard InChI is InChI=1S/C20H34N4O2S.HI/c1-5-21-19(23-16-20(2,3)27(4,25)26)22-14-18-12-9-13-24(18)15-17-10-7-6-8-11-17;/h6-8,10-11,18H,5,9,12-16H2,1-4H3,(H2,21,22,23);1H. The summed E-state index contributed by atoms with van der Waals surface area (Å²) in [6.45, 7) is 9.29. The number of hydrogen-bond donors (Lipinski definition) is 2. The third-order valence-corrected chi connectivity index (χ3v) is 7.34. The Hall–Kier alpha value is -0.870. The molecule has 0 aliphatic carbocycles. The quantitative estimate of drug-likeness (QED) is 0.312. The Bertz CT molecular complexity index is 723. The number of rotatable bonds is 8. The zero-order chi connectivity index (χ0) is 19.9. The lowest BCUT2D eigenvalue weighted by atomic mass is 10.2. The molecular formula is C20H35IN4O2S. The highest BCUT2D eigenvalue weighted by Crippen LogP contribution is 2.19. The summed E-state index contributed by atoms with van der Waals surface area (Å²) in [5, 5.41) is 6.63. The molecule has 1 aliphatic rings. The van der Waals surface area contributed by atoms with Gasteiger partial charge in [0.25, 0.3) is 0 Å². The largest absolute Gasteiger partial charge is 0.357 e. The van der Waals surface area contributed by atoms with Crippen molar-refractivity contribution in [1.82, 2.24) is 15.5 Å². The molecular weight excluding hydrogens is 487 g/mol. The van der Waals surface area contributed by atoms with Crippen LogP contribution in [0.3, 0.4) is 0 Å².